The number of fused-ring (bicyclic) bond motifs is 1. The van der Waals surface area contributed by atoms with Gasteiger partial charge in [-0.05, 0) is 72.6 Å². The van der Waals surface area contributed by atoms with E-state index in [1.54, 1.807) is 48.5 Å². The number of carbonyl (C=O) groups is 2. The molecule has 2 heterocycles. The van der Waals surface area contributed by atoms with Crippen LogP contribution in [0.2, 0.25) is 5.02 Å². The van der Waals surface area contributed by atoms with E-state index in [2.05, 4.69) is 0 Å². The van der Waals surface area contributed by atoms with Gasteiger partial charge in [0, 0.05) is 10.6 Å². The molecule has 1 atom stereocenters. The fourth-order valence-electron chi connectivity index (χ4n) is 5.07. The summed E-state index contributed by atoms with van der Waals surface area (Å²) >= 11 is 7.32. The van der Waals surface area contributed by atoms with Crippen molar-refractivity contribution in [3.05, 3.63) is 118 Å². The number of nitrogens with zero attached hydrogens (tertiary/aromatic N) is 2. The first kappa shape index (κ1) is 29.2. The number of ketones is 1. The third kappa shape index (κ3) is 5.59. The number of halogens is 1. The minimum atomic E-state index is -1.00. The Morgan fingerprint density at radius 1 is 0.955 bits per heavy atom. The van der Waals surface area contributed by atoms with Crippen LogP contribution in [0.3, 0.4) is 0 Å². The lowest BCUT2D eigenvalue weighted by molar-refractivity contribution is -0.132. The van der Waals surface area contributed by atoms with E-state index in [4.69, 9.17) is 30.8 Å². The maximum atomic E-state index is 13.7. The van der Waals surface area contributed by atoms with Crippen LogP contribution in [0.1, 0.15) is 29.7 Å². The van der Waals surface area contributed by atoms with E-state index in [-0.39, 0.29) is 11.3 Å². The van der Waals surface area contributed by atoms with E-state index in [9.17, 15) is 14.7 Å². The number of ether oxygens (including phenoxy) is 3. The van der Waals surface area contributed by atoms with Gasteiger partial charge in [0.05, 0.1) is 35.5 Å². The lowest BCUT2D eigenvalue weighted by atomic mass is 9.95. The highest BCUT2D eigenvalue weighted by Gasteiger charge is 2.48. The summed E-state index contributed by atoms with van der Waals surface area (Å²) in [5, 5.41) is 12.2. The van der Waals surface area contributed by atoms with Crippen LogP contribution in [0.5, 0.6) is 17.2 Å². The highest BCUT2D eigenvalue weighted by atomic mass is 35.5. The largest absolute Gasteiger partial charge is 0.507 e. The minimum Gasteiger partial charge on any atom is -0.507 e. The van der Waals surface area contributed by atoms with Gasteiger partial charge >= 0.3 is 5.91 Å². The Kier molecular flexibility index (Phi) is 8.23. The molecule has 1 fully saturated rings. The molecule has 0 radical (unpaired) electrons. The summed E-state index contributed by atoms with van der Waals surface area (Å²) < 4.78 is 18.1. The third-order valence-corrected chi connectivity index (χ3v) is 8.44. The SMILES string of the molecule is CCOc1ccc2nc(N3C(=O)C(=O)C(=C(O)c4ccc(Cl)cc4)C3c3ccc(OCc4ccccc4)c(OC)c3)sc2c1. The van der Waals surface area contributed by atoms with Crippen molar-refractivity contribution in [2.45, 2.75) is 19.6 Å². The molecule has 1 aliphatic rings. The molecule has 1 aromatic heterocycles. The first-order chi connectivity index (χ1) is 21.4. The van der Waals surface area contributed by atoms with E-state index in [1.807, 2.05) is 49.4 Å². The topological polar surface area (TPSA) is 98.2 Å². The lowest BCUT2D eigenvalue weighted by Gasteiger charge is -2.24. The van der Waals surface area contributed by atoms with Crippen molar-refractivity contribution in [1.29, 1.82) is 0 Å². The molecule has 1 N–H and O–H groups in total. The Bertz CT molecular complexity index is 1890. The zero-order valence-electron chi connectivity index (χ0n) is 23.8. The molecule has 4 aromatic carbocycles. The number of Topliss-reactive ketones (excluding diaryl/α,β-unsaturated/α-hetero) is 1. The normalized spacial score (nSPS) is 16.0. The van der Waals surface area contributed by atoms with Gasteiger partial charge in [-0.2, -0.15) is 0 Å². The number of hydrogen-bond acceptors (Lipinski definition) is 8. The van der Waals surface area contributed by atoms with Crippen LogP contribution in [0, 0.1) is 0 Å². The first-order valence-electron chi connectivity index (χ1n) is 13.8. The average Bonchev–Trinajstić information content (AvgIpc) is 3.58. The molecule has 8 nitrogen and oxygen atoms in total. The van der Waals surface area contributed by atoms with Gasteiger partial charge in [0.1, 0.15) is 18.1 Å². The van der Waals surface area contributed by atoms with E-state index >= 15 is 0 Å². The quantitative estimate of drug-likeness (QED) is 0.102. The zero-order chi connectivity index (χ0) is 30.8. The molecule has 0 saturated carbocycles. The molecule has 5 aromatic rings. The van der Waals surface area contributed by atoms with Gasteiger partial charge in [-0.15, -0.1) is 0 Å². The number of aromatic nitrogens is 1. The van der Waals surface area contributed by atoms with Crippen LogP contribution in [-0.2, 0) is 16.2 Å². The lowest BCUT2D eigenvalue weighted by Crippen LogP contribution is -2.29. The summed E-state index contributed by atoms with van der Waals surface area (Å²) in [4.78, 5) is 33.4. The van der Waals surface area contributed by atoms with Crippen molar-refractivity contribution in [3.63, 3.8) is 0 Å². The second-order valence-corrected chi connectivity index (χ2v) is 11.4. The van der Waals surface area contributed by atoms with Gasteiger partial charge in [0.15, 0.2) is 16.6 Å². The van der Waals surface area contributed by atoms with Crippen molar-refractivity contribution < 1.29 is 28.9 Å². The number of benzene rings is 4. The van der Waals surface area contributed by atoms with Crippen LogP contribution >= 0.6 is 22.9 Å². The number of amides is 1. The number of hydrogen-bond donors (Lipinski definition) is 1. The summed E-state index contributed by atoms with van der Waals surface area (Å²) in [6.07, 6.45) is 0. The third-order valence-electron chi connectivity index (χ3n) is 7.17. The molecule has 10 heteroatoms. The summed E-state index contributed by atoms with van der Waals surface area (Å²) in [6, 6.07) is 25.8. The van der Waals surface area contributed by atoms with Gasteiger partial charge in [0.25, 0.3) is 5.78 Å². The van der Waals surface area contributed by atoms with Crippen LogP contribution < -0.4 is 19.1 Å². The monoisotopic (exact) mass is 626 g/mol. The number of methoxy groups -OCH3 is 1. The van der Waals surface area contributed by atoms with Crippen molar-refractivity contribution in [2.75, 3.05) is 18.6 Å². The second kappa shape index (κ2) is 12.4. The number of carbonyl (C=O) groups excluding carboxylic acids is 2. The maximum absolute atomic E-state index is 13.7. The van der Waals surface area contributed by atoms with Crippen LogP contribution in [-0.4, -0.2) is 35.5 Å². The second-order valence-electron chi connectivity index (χ2n) is 9.92. The van der Waals surface area contributed by atoms with Crippen LogP contribution in [0.4, 0.5) is 5.13 Å². The Morgan fingerprint density at radius 3 is 2.45 bits per heavy atom. The van der Waals surface area contributed by atoms with E-state index in [0.717, 1.165) is 10.3 Å². The summed E-state index contributed by atoms with van der Waals surface area (Å²) in [6.45, 7) is 2.72. The zero-order valence-corrected chi connectivity index (χ0v) is 25.4. The fourth-order valence-corrected chi connectivity index (χ4v) is 6.22. The van der Waals surface area contributed by atoms with Crippen molar-refractivity contribution in [1.82, 2.24) is 4.98 Å². The molecule has 6 rings (SSSR count). The molecule has 1 aliphatic heterocycles. The van der Waals surface area contributed by atoms with Gasteiger partial charge in [-0.3, -0.25) is 14.5 Å². The molecule has 0 aliphatic carbocycles. The maximum Gasteiger partial charge on any atom is 0.301 e. The number of aliphatic hydroxyl groups is 1. The number of rotatable bonds is 9. The standard InChI is InChI=1S/C34H27ClN2O6S/c1-3-42-24-14-15-25-28(18-24)44-34(36-25)37-30(29(32(39)33(37)40)31(38)21-9-12-23(35)13-10-21)22-11-16-26(27(17-22)41-2)43-19-20-7-5-4-6-8-20/h4-18,30,38H,3,19H2,1-2H3. The van der Waals surface area contributed by atoms with Crippen LogP contribution in [0.15, 0.2) is 96.6 Å². The van der Waals surface area contributed by atoms with Gasteiger partial charge in [-0.1, -0.05) is 59.3 Å². The van der Waals surface area contributed by atoms with Crippen molar-refractivity contribution in [2.24, 2.45) is 0 Å². The highest BCUT2D eigenvalue weighted by molar-refractivity contribution is 7.22. The van der Waals surface area contributed by atoms with E-state index < -0.39 is 17.7 Å². The molecule has 1 saturated heterocycles. The Morgan fingerprint density at radius 2 is 1.73 bits per heavy atom. The summed E-state index contributed by atoms with van der Waals surface area (Å²) in [5.74, 6) is -0.402. The fraction of sp³-hybridized carbons (Fsp3) is 0.147. The molecular weight excluding hydrogens is 600 g/mol. The predicted octanol–water partition coefficient (Wildman–Crippen LogP) is 7.56. The van der Waals surface area contributed by atoms with Gasteiger partial charge < -0.3 is 19.3 Å². The van der Waals surface area contributed by atoms with E-state index in [1.165, 1.54) is 23.3 Å². The number of anilines is 1. The smallest absolute Gasteiger partial charge is 0.301 e. The van der Waals surface area contributed by atoms with Crippen LogP contribution in [0.25, 0.3) is 16.0 Å². The first-order valence-corrected chi connectivity index (χ1v) is 15.0. The van der Waals surface area contributed by atoms with Crippen molar-refractivity contribution >= 4 is 55.7 Å². The predicted molar refractivity (Wildman–Crippen MR) is 171 cm³/mol. The van der Waals surface area contributed by atoms with Crippen molar-refractivity contribution in [3.8, 4) is 17.2 Å². The summed E-state index contributed by atoms with van der Waals surface area (Å²) in [5.41, 5.74) is 2.43. The molecule has 44 heavy (non-hydrogen) atoms. The number of thiazole rings is 1. The average molecular weight is 627 g/mol. The molecular formula is C34H27ClN2O6S. The Hall–Kier alpha value is -4.86. The van der Waals surface area contributed by atoms with Gasteiger partial charge in [-0.25, -0.2) is 4.98 Å². The van der Waals surface area contributed by atoms with E-state index in [0.29, 0.717) is 57.3 Å². The number of aliphatic hydroxyl groups excluding tert-OH is 1. The van der Waals surface area contributed by atoms with Gasteiger partial charge in [0.2, 0.25) is 0 Å². The molecule has 222 valence electrons. The Balaban J connectivity index is 1.47. The molecule has 1 unspecified atom stereocenters. The molecule has 1 amide bonds. The molecule has 0 bridgehead atoms. The summed E-state index contributed by atoms with van der Waals surface area (Å²) in [7, 11) is 1.52. The highest BCUT2D eigenvalue weighted by Crippen LogP contribution is 2.46. The molecule has 0 spiro atoms. The minimum absolute atomic E-state index is 0.0772. The Labute approximate surface area is 262 Å².